The maximum Gasteiger partial charge on any atom is 0.271 e. The number of ether oxygens (including phenoxy) is 1. The number of nitro groups is 1. The molecule has 0 aliphatic carbocycles. The zero-order chi connectivity index (χ0) is 12.7. The van der Waals surface area contributed by atoms with Gasteiger partial charge in [-0.1, -0.05) is 5.16 Å². The van der Waals surface area contributed by atoms with Crippen molar-refractivity contribution in [2.45, 2.75) is 13.0 Å². The van der Waals surface area contributed by atoms with Crippen molar-refractivity contribution in [3.63, 3.8) is 0 Å². The molecule has 3 N–H and O–H groups in total. The highest BCUT2D eigenvalue weighted by Gasteiger charge is 2.20. The topological polar surface area (TPSA) is 128 Å². The fourth-order valence-electron chi connectivity index (χ4n) is 1.03. The van der Waals surface area contributed by atoms with Gasteiger partial charge < -0.3 is 15.7 Å². The molecule has 0 rings (SSSR count). The maximum absolute atomic E-state index is 10.8. The molecule has 0 radical (unpaired) electrons. The Balaban J connectivity index is 4.97. The summed E-state index contributed by atoms with van der Waals surface area (Å²) in [5, 5.41) is 21.7. The summed E-state index contributed by atoms with van der Waals surface area (Å²) in [7, 11) is 1.31. The number of hydrogen-bond donors (Lipinski definition) is 2. The molecule has 0 aromatic rings. The highest BCUT2D eigenvalue weighted by Crippen LogP contribution is 2.03. The van der Waals surface area contributed by atoms with Gasteiger partial charge in [0.1, 0.15) is 6.61 Å². The third kappa shape index (κ3) is 4.05. The first kappa shape index (κ1) is 14.0. The van der Waals surface area contributed by atoms with Crippen LogP contribution in [-0.4, -0.2) is 41.5 Å². The summed E-state index contributed by atoms with van der Waals surface area (Å²) in [6.45, 7) is 1.23. The zero-order valence-electron chi connectivity index (χ0n) is 8.91. The van der Waals surface area contributed by atoms with Crippen molar-refractivity contribution in [3.05, 3.63) is 21.8 Å². The first-order chi connectivity index (χ1) is 7.43. The van der Waals surface area contributed by atoms with Gasteiger partial charge in [0, 0.05) is 12.0 Å². The highest BCUT2D eigenvalue weighted by atomic mass is 16.6. The van der Waals surface area contributed by atoms with E-state index in [1.54, 1.807) is 0 Å². The second kappa shape index (κ2) is 6.51. The number of hydrogen-bond acceptors (Lipinski definition) is 6. The molecule has 0 fully saturated rings. The van der Waals surface area contributed by atoms with E-state index in [0.29, 0.717) is 0 Å². The number of methoxy groups -OCH3 is 1. The van der Waals surface area contributed by atoms with Crippen LogP contribution in [0.25, 0.3) is 0 Å². The van der Waals surface area contributed by atoms with Gasteiger partial charge in [-0.2, -0.15) is 0 Å². The molecule has 0 saturated carbocycles. The predicted molar refractivity (Wildman–Crippen MR) is 54.8 cm³/mol. The molecular formula is C8H13N3O5. The van der Waals surface area contributed by atoms with Crippen molar-refractivity contribution in [2.75, 3.05) is 13.7 Å². The van der Waals surface area contributed by atoms with Gasteiger partial charge in [-0.25, -0.2) is 0 Å². The molecule has 8 heteroatoms. The van der Waals surface area contributed by atoms with E-state index in [2.05, 4.69) is 9.89 Å². The summed E-state index contributed by atoms with van der Waals surface area (Å²) >= 11 is 0. The molecule has 0 aliphatic heterocycles. The van der Waals surface area contributed by atoms with Gasteiger partial charge in [0.25, 0.3) is 11.9 Å². The van der Waals surface area contributed by atoms with E-state index < -0.39 is 22.6 Å². The van der Waals surface area contributed by atoms with Crippen LogP contribution in [0.4, 0.5) is 0 Å². The lowest BCUT2D eigenvalue weighted by atomic mass is 10.1. The van der Waals surface area contributed by atoms with Crippen molar-refractivity contribution >= 4 is 11.6 Å². The standard InChI is InChI=1S/C8H13N3O5/c1-5(7(10-13)8(9)12)3-6(4-16-2)11(14)15/h3,6,13H,4H2,1-2H3,(H2,9,12)/b5-3+,10-7+. The van der Waals surface area contributed by atoms with E-state index in [9.17, 15) is 14.9 Å². The van der Waals surface area contributed by atoms with E-state index in [0.717, 1.165) is 6.08 Å². The molecule has 0 bridgehead atoms. The van der Waals surface area contributed by atoms with Gasteiger partial charge in [-0.3, -0.25) is 14.9 Å². The Labute approximate surface area is 91.5 Å². The maximum atomic E-state index is 10.8. The van der Waals surface area contributed by atoms with Crippen LogP contribution in [0, 0.1) is 10.1 Å². The second-order valence-electron chi connectivity index (χ2n) is 2.97. The number of carbonyl (C=O) groups excluding carboxylic acids is 1. The van der Waals surface area contributed by atoms with E-state index in [4.69, 9.17) is 10.9 Å². The SMILES string of the molecule is COCC(/C=C(C)/C(=N\O)C(N)=O)[N+](=O)[O-]. The quantitative estimate of drug-likeness (QED) is 0.276. The van der Waals surface area contributed by atoms with Gasteiger partial charge >= 0.3 is 0 Å². The Morgan fingerprint density at radius 1 is 1.75 bits per heavy atom. The van der Waals surface area contributed by atoms with Crippen LogP contribution >= 0.6 is 0 Å². The average molecular weight is 231 g/mol. The normalized spacial score (nSPS) is 14.6. The van der Waals surface area contributed by atoms with Crippen LogP contribution in [0.15, 0.2) is 16.8 Å². The lowest BCUT2D eigenvalue weighted by molar-refractivity contribution is -0.512. The molecule has 0 aromatic heterocycles. The van der Waals surface area contributed by atoms with Crippen molar-refractivity contribution < 1.29 is 19.7 Å². The number of nitrogens with zero attached hydrogens (tertiary/aromatic N) is 2. The van der Waals surface area contributed by atoms with Crippen LogP contribution in [0.1, 0.15) is 6.92 Å². The number of rotatable bonds is 6. The number of carbonyl (C=O) groups is 1. The lowest BCUT2D eigenvalue weighted by Gasteiger charge is -2.05. The number of primary amides is 1. The van der Waals surface area contributed by atoms with Crippen LogP contribution in [-0.2, 0) is 9.53 Å². The molecule has 8 nitrogen and oxygen atoms in total. The Hall–Kier alpha value is -1.96. The van der Waals surface area contributed by atoms with Crippen molar-refractivity contribution in [2.24, 2.45) is 10.9 Å². The Morgan fingerprint density at radius 3 is 2.62 bits per heavy atom. The molecule has 0 heterocycles. The third-order valence-corrected chi connectivity index (χ3v) is 1.76. The van der Waals surface area contributed by atoms with E-state index >= 15 is 0 Å². The molecule has 0 spiro atoms. The Morgan fingerprint density at radius 2 is 2.31 bits per heavy atom. The van der Waals surface area contributed by atoms with Crippen molar-refractivity contribution in [1.29, 1.82) is 0 Å². The largest absolute Gasteiger partial charge is 0.410 e. The molecule has 16 heavy (non-hydrogen) atoms. The third-order valence-electron chi connectivity index (χ3n) is 1.76. The number of nitrogens with two attached hydrogens (primary N) is 1. The Bertz CT molecular complexity index is 337. The summed E-state index contributed by atoms with van der Waals surface area (Å²) in [6, 6.07) is -1.12. The fourth-order valence-corrected chi connectivity index (χ4v) is 1.03. The minimum Gasteiger partial charge on any atom is -0.410 e. The first-order valence-corrected chi connectivity index (χ1v) is 4.27. The van der Waals surface area contributed by atoms with Crippen LogP contribution in [0.5, 0.6) is 0 Å². The zero-order valence-corrected chi connectivity index (χ0v) is 8.91. The van der Waals surface area contributed by atoms with E-state index in [-0.39, 0.29) is 12.2 Å². The molecule has 1 amide bonds. The van der Waals surface area contributed by atoms with Gasteiger partial charge in [0.15, 0.2) is 5.71 Å². The molecule has 90 valence electrons. The summed E-state index contributed by atoms with van der Waals surface area (Å²) in [6.07, 6.45) is 1.14. The van der Waals surface area contributed by atoms with Crippen molar-refractivity contribution in [1.82, 2.24) is 0 Å². The van der Waals surface area contributed by atoms with Crippen LogP contribution < -0.4 is 5.73 Å². The van der Waals surface area contributed by atoms with Gasteiger partial charge in [-0.15, -0.1) is 0 Å². The summed E-state index contributed by atoms with van der Waals surface area (Å²) in [5.41, 5.74) is 4.61. The smallest absolute Gasteiger partial charge is 0.271 e. The molecule has 0 aliphatic rings. The van der Waals surface area contributed by atoms with E-state index in [1.165, 1.54) is 14.0 Å². The fraction of sp³-hybridized carbons (Fsp3) is 0.500. The molecule has 1 atom stereocenters. The minimum atomic E-state index is -1.12. The highest BCUT2D eigenvalue weighted by molar-refractivity contribution is 6.44. The predicted octanol–water partition coefficient (Wildman–Crippen LogP) is -0.460. The summed E-state index contributed by atoms with van der Waals surface area (Å²) in [4.78, 5) is 20.8. The molecule has 0 aromatic carbocycles. The lowest BCUT2D eigenvalue weighted by Crippen LogP contribution is -2.27. The minimum absolute atomic E-state index is 0.119. The molecule has 1 unspecified atom stereocenters. The second-order valence-corrected chi connectivity index (χ2v) is 2.97. The van der Waals surface area contributed by atoms with E-state index in [1.807, 2.05) is 0 Å². The average Bonchev–Trinajstić information content (AvgIpc) is 2.17. The van der Waals surface area contributed by atoms with Crippen LogP contribution in [0.2, 0.25) is 0 Å². The molecular weight excluding hydrogens is 218 g/mol. The number of amides is 1. The van der Waals surface area contributed by atoms with Gasteiger partial charge in [-0.05, 0) is 18.6 Å². The van der Waals surface area contributed by atoms with Crippen LogP contribution in [0.3, 0.4) is 0 Å². The number of oxime groups is 1. The van der Waals surface area contributed by atoms with Gasteiger partial charge in [0.2, 0.25) is 0 Å². The Kier molecular flexibility index (Phi) is 5.71. The molecule has 0 saturated heterocycles. The van der Waals surface area contributed by atoms with Gasteiger partial charge in [0.05, 0.1) is 0 Å². The first-order valence-electron chi connectivity index (χ1n) is 4.27. The summed E-state index contributed by atoms with van der Waals surface area (Å²) < 4.78 is 4.64. The monoisotopic (exact) mass is 231 g/mol. The van der Waals surface area contributed by atoms with Crippen molar-refractivity contribution in [3.8, 4) is 0 Å². The summed E-state index contributed by atoms with van der Waals surface area (Å²) in [5.74, 6) is -0.962.